The van der Waals surface area contributed by atoms with Crippen LogP contribution in [0.25, 0.3) is 10.9 Å². The number of pyridine rings is 1. The highest BCUT2D eigenvalue weighted by Crippen LogP contribution is 2.17. The fourth-order valence-electron chi connectivity index (χ4n) is 2.48. The van der Waals surface area contributed by atoms with Crippen LogP contribution in [0.2, 0.25) is 0 Å². The number of amides is 2. The minimum atomic E-state index is -0.276. The van der Waals surface area contributed by atoms with Crippen molar-refractivity contribution < 1.29 is 4.79 Å². The van der Waals surface area contributed by atoms with E-state index in [1.165, 1.54) is 0 Å². The normalized spacial score (nSPS) is 10.5. The molecule has 0 saturated heterocycles. The summed E-state index contributed by atoms with van der Waals surface area (Å²) in [6, 6.07) is 15.4. The van der Waals surface area contributed by atoms with Crippen LogP contribution in [0, 0.1) is 13.8 Å². The van der Waals surface area contributed by atoms with Crippen molar-refractivity contribution in [2.24, 2.45) is 0 Å². The highest BCUT2D eigenvalue weighted by atomic mass is 16.2. The molecule has 0 radical (unpaired) electrons. The first-order valence-corrected chi connectivity index (χ1v) is 7.11. The third kappa shape index (κ3) is 3.23. The fourth-order valence-corrected chi connectivity index (χ4v) is 2.48. The summed E-state index contributed by atoms with van der Waals surface area (Å²) in [7, 11) is 0. The average Bonchev–Trinajstić information content (AvgIpc) is 2.45. The number of hydrogen-bond donors (Lipinski definition) is 2. The van der Waals surface area contributed by atoms with Gasteiger partial charge >= 0.3 is 6.03 Å². The minimum Gasteiger partial charge on any atom is -0.308 e. The maximum Gasteiger partial charge on any atom is 0.323 e. The van der Waals surface area contributed by atoms with Crippen molar-refractivity contribution in [3.8, 4) is 0 Å². The lowest BCUT2D eigenvalue weighted by Gasteiger charge is -2.09. The quantitative estimate of drug-likeness (QED) is 0.730. The van der Waals surface area contributed by atoms with Crippen LogP contribution in [-0.2, 0) is 0 Å². The lowest BCUT2D eigenvalue weighted by Crippen LogP contribution is -2.19. The van der Waals surface area contributed by atoms with Crippen molar-refractivity contribution in [1.82, 2.24) is 4.98 Å². The summed E-state index contributed by atoms with van der Waals surface area (Å²) < 4.78 is 0. The number of aryl methyl sites for hydroxylation is 2. The number of rotatable bonds is 2. The van der Waals surface area contributed by atoms with E-state index in [1.807, 2.05) is 56.3 Å². The van der Waals surface area contributed by atoms with Gasteiger partial charge < -0.3 is 10.6 Å². The van der Waals surface area contributed by atoms with Crippen LogP contribution < -0.4 is 10.6 Å². The van der Waals surface area contributed by atoms with Gasteiger partial charge in [-0.15, -0.1) is 0 Å². The number of fused-ring (bicyclic) bond motifs is 1. The van der Waals surface area contributed by atoms with E-state index in [4.69, 9.17) is 0 Å². The molecular weight excluding hydrogens is 274 g/mol. The van der Waals surface area contributed by atoms with Gasteiger partial charge in [0.15, 0.2) is 0 Å². The van der Waals surface area contributed by atoms with E-state index in [9.17, 15) is 4.79 Å². The van der Waals surface area contributed by atoms with Crippen LogP contribution in [-0.4, -0.2) is 11.0 Å². The minimum absolute atomic E-state index is 0.276. The van der Waals surface area contributed by atoms with Gasteiger partial charge in [-0.1, -0.05) is 24.3 Å². The second kappa shape index (κ2) is 5.85. The van der Waals surface area contributed by atoms with Crippen molar-refractivity contribution in [1.29, 1.82) is 0 Å². The maximum absolute atomic E-state index is 12.1. The number of anilines is 2. The topological polar surface area (TPSA) is 54.0 Å². The highest BCUT2D eigenvalue weighted by molar-refractivity contribution is 6.00. The number of hydrogen-bond acceptors (Lipinski definition) is 2. The first-order chi connectivity index (χ1) is 10.6. The molecule has 0 spiro atoms. The second-order valence-electron chi connectivity index (χ2n) is 5.37. The summed E-state index contributed by atoms with van der Waals surface area (Å²) in [5.41, 5.74) is 4.58. The molecule has 1 aromatic heterocycles. The number of carbonyl (C=O) groups is 1. The monoisotopic (exact) mass is 291 g/mol. The van der Waals surface area contributed by atoms with Crippen LogP contribution in [0.3, 0.4) is 0 Å². The Kier molecular flexibility index (Phi) is 3.74. The van der Waals surface area contributed by atoms with Crippen molar-refractivity contribution in [3.05, 3.63) is 65.9 Å². The molecule has 3 aromatic rings. The van der Waals surface area contributed by atoms with Crippen molar-refractivity contribution in [2.75, 3.05) is 10.6 Å². The van der Waals surface area contributed by atoms with Crippen LogP contribution in [0.5, 0.6) is 0 Å². The number of para-hydroxylation sites is 1. The molecule has 110 valence electrons. The number of benzene rings is 2. The lowest BCUT2D eigenvalue weighted by atomic mass is 10.1. The van der Waals surface area contributed by atoms with E-state index in [2.05, 4.69) is 21.7 Å². The standard InChI is InChI=1S/C18H17N3O/c1-12-7-13(2)9-15(8-12)20-18(22)21-16-10-14-5-3-4-6-17(14)19-11-16/h3-11H,1-2H3,(H2,20,21,22). The SMILES string of the molecule is Cc1cc(C)cc(NC(=O)Nc2cnc3ccccc3c2)c1. The van der Waals surface area contributed by atoms with E-state index >= 15 is 0 Å². The highest BCUT2D eigenvalue weighted by Gasteiger charge is 2.05. The summed E-state index contributed by atoms with van der Waals surface area (Å²) in [4.78, 5) is 16.4. The van der Waals surface area contributed by atoms with Gasteiger partial charge in [0.05, 0.1) is 17.4 Å². The Labute approximate surface area is 129 Å². The largest absolute Gasteiger partial charge is 0.323 e. The number of nitrogens with one attached hydrogen (secondary N) is 2. The zero-order valence-corrected chi connectivity index (χ0v) is 12.6. The number of nitrogens with zero attached hydrogens (tertiary/aromatic N) is 1. The molecule has 2 N–H and O–H groups in total. The molecule has 4 heteroatoms. The molecule has 0 bridgehead atoms. The van der Waals surface area contributed by atoms with E-state index in [0.717, 1.165) is 27.7 Å². The zero-order chi connectivity index (χ0) is 15.5. The molecule has 0 aliphatic carbocycles. The van der Waals surface area contributed by atoms with E-state index in [-0.39, 0.29) is 6.03 Å². The van der Waals surface area contributed by atoms with Gasteiger partial charge in [-0.3, -0.25) is 4.98 Å². The Morgan fingerprint density at radius 3 is 2.36 bits per heavy atom. The van der Waals surface area contributed by atoms with Gasteiger partial charge in [0.25, 0.3) is 0 Å². The molecule has 0 atom stereocenters. The summed E-state index contributed by atoms with van der Waals surface area (Å²) in [6.45, 7) is 4.01. The molecule has 4 nitrogen and oxygen atoms in total. The molecule has 1 heterocycles. The first-order valence-electron chi connectivity index (χ1n) is 7.11. The van der Waals surface area contributed by atoms with Crippen LogP contribution in [0.1, 0.15) is 11.1 Å². The molecule has 0 unspecified atom stereocenters. The Balaban J connectivity index is 1.75. The third-order valence-corrected chi connectivity index (χ3v) is 3.33. The van der Waals surface area contributed by atoms with E-state index in [1.54, 1.807) is 6.20 Å². The molecule has 0 aliphatic rings. The van der Waals surface area contributed by atoms with Gasteiger partial charge in [-0.05, 0) is 49.2 Å². The van der Waals surface area contributed by atoms with E-state index in [0.29, 0.717) is 5.69 Å². The van der Waals surface area contributed by atoms with Crippen molar-refractivity contribution in [3.63, 3.8) is 0 Å². The predicted octanol–water partition coefficient (Wildman–Crippen LogP) is 4.50. The summed E-state index contributed by atoms with van der Waals surface area (Å²) in [6.07, 6.45) is 1.66. The number of carbonyl (C=O) groups excluding carboxylic acids is 1. The van der Waals surface area contributed by atoms with Gasteiger partial charge in [0, 0.05) is 11.1 Å². The lowest BCUT2D eigenvalue weighted by molar-refractivity contribution is 0.262. The Morgan fingerprint density at radius 2 is 1.59 bits per heavy atom. The van der Waals surface area contributed by atoms with Gasteiger partial charge in [0.2, 0.25) is 0 Å². The van der Waals surface area contributed by atoms with Crippen molar-refractivity contribution in [2.45, 2.75) is 13.8 Å². The van der Waals surface area contributed by atoms with Crippen molar-refractivity contribution >= 4 is 28.3 Å². The summed E-state index contributed by atoms with van der Waals surface area (Å²) in [5.74, 6) is 0. The summed E-state index contributed by atoms with van der Waals surface area (Å²) in [5, 5.41) is 6.64. The van der Waals surface area contributed by atoms with Gasteiger partial charge in [0.1, 0.15) is 0 Å². The number of aromatic nitrogens is 1. The fraction of sp³-hybridized carbons (Fsp3) is 0.111. The molecular formula is C18H17N3O. The molecule has 0 aliphatic heterocycles. The van der Waals surface area contributed by atoms with Crippen LogP contribution in [0.15, 0.2) is 54.7 Å². The molecule has 0 fully saturated rings. The zero-order valence-electron chi connectivity index (χ0n) is 12.6. The predicted molar refractivity (Wildman–Crippen MR) is 90.3 cm³/mol. The Hall–Kier alpha value is -2.88. The van der Waals surface area contributed by atoms with Gasteiger partial charge in [-0.25, -0.2) is 4.79 Å². The third-order valence-electron chi connectivity index (χ3n) is 3.33. The van der Waals surface area contributed by atoms with Gasteiger partial charge in [-0.2, -0.15) is 0 Å². The second-order valence-corrected chi connectivity index (χ2v) is 5.37. The van der Waals surface area contributed by atoms with E-state index < -0.39 is 0 Å². The maximum atomic E-state index is 12.1. The van der Waals surface area contributed by atoms with Crippen LogP contribution in [0.4, 0.5) is 16.2 Å². The number of urea groups is 1. The molecule has 0 saturated carbocycles. The molecule has 3 rings (SSSR count). The molecule has 2 amide bonds. The molecule has 2 aromatic carbocycles. The Morgan fingerprint density at radius 1 is 0.909 bits per heavy atom. The average molecular weight is 291 g/mol. The molecule has 22 heavy (non-hydrogen) atoms. The first kappa shape index (κ1) is 14.1. The van der Waals surface area contributed by atoms with Crippen LogP contribution >= 0.6 is 0 Å². The Bertz CT molecular complexity index is 822. The summed E-state index contributed by atoms with van der Waals surface area (Å²) >= 11 is 0. The smallest absolute Gasteiger partial charge is 0.308 e.